The van der Waals surface area contributed by atoms with Crippen LogP contribution in [0.15, 0.2) is 85.7 Å². The summed E-state index contributed by atoms with van der Waals surface area (Å²) in [6.45, 7) is 7.03. The number of carbonyl (C=O) groups is 2. The van der Waals surface area contributed by atoms with E-state index in [1.54, 1.807) is 73.1 Å². The fraction of sp³-hybridized carbons (Fsp3) is 0.200. The summed E-state index contributed by atoms with van der Waals surface area (Å²) in [5, 5.41) is 6.29. The molecule has 3 heterocycles. The molecule has 2 aromatic carbocycles. The van der Waals surface area contributed by atoms with Gasteiger partial charge in [0.2, 0.25) is 5.91 Å². The van der Waals surface area contributed by atoms with Crippen LogP contribution in [0.2, 0.25) is 0 Å². The zero-order valence-electron chi connectivity index (χ0n) is 21.4. The van der Waals surface area contributed by atoms with Gasteiger partial charge in [0, 0.05) is 36.0 Å². The highest BCUT2D eigenvalue weighted by atomic mass is 16.5. The van der Waals surface area contributed by atoms with Gasteiger partial charge < -0.3 is 20.1 Å². The third-order valence-electron chi connectivity index (χ3n) is 6.36. The molecule has 198 valence electrons. The largest absolute Gasteiger partial charge is 0.490 e. The van der Waals surface area contributed by atoms with E-state index in [1.165, 1.54) is 18.9 Å². The molecule has 2 aromatic heterocycles. The maximum atomic E-state index is 12.5. The van der Waals surface area contributed by atoms with Crippen LogP contribution in [0, 0.1) is 0 Å². The van der Waals surface area contributed by atoms with Crippen molar-refractivity contribution in [3.05, 3.63) is 91.3 Å². The number of anilines is 2. The number of hydrogen-bond donors (Lipinski definition) is 2. The zero-order chi connectivity index (χ0) is 27.0. The quantitative estimate of drug-likeness (QED) is 0.273. The van der Waals surface area contributed by atoms with E-state index in [9.17, 15) is 9.59 Å². The summed E-state index contributed by atoms with van der Waals surface area (Å²) in [7, 11) is 0. The molecule has 4 aromatic rings. The maximum Gasteiger partial charge on any atom is 0.256 e. The molecule has 0 radical (unpaired) electrons. The van der Waals surface area contributed by atoms with E-state index < -0.39 is 0 Å². The molecule has 9 nitrogen and oxygen atoms in total. The number of nitrogens with zero attached hydrogens (tertiary/aromatic N) is 3. The Morgan fingerprint density at radius 3 is 2.51 bits per heavy atom. The summed E-state index contributed by atoms with van der Waals surface area (Å²) >= 11 is 0. The molecular weight excluding hydrogens is 494 g/mol. The van der Waals surface area contributed by atoms with Gasteiger partial charge in [0.1, 0.15) is 29.7 Å². The second kappa shape index (κ2) is 12.2. The second-order valence-electron chi connectivity index (χ2n) is 9.06. The summed E-state index contributed by atoms with van der Waals surface area (Å²) in [5.74, 6) is 1.48. The number of rotatable bonds is 10. The summed E-state index contributed by atoms with van der Waals surface area (Å²) in [6, 6.07) is 17.4. The van der Waals surface area contributed by atoms with Gasteiger partial charge in [-0.1, -0.05) is 12.6 Å². The van der Waals surface area contributed by atoms with E-state index in [0.717, 1.165) is 19.6 Å². The van der Waals surface area contributed by atoms with E-state index in [2.05, 4.69) is 32.1 Å². The molecule has 39 heavy (non-hydrogen) atoms. The fourth-order valence-corrected chi connectivity index (χ4v) is 4.36. The number of aromatic nitrogens is 2. The van der Waals surface area contributed by atoms with Crippen molar-refractivity contribution < 1.29 is 19.1 Å². The van der Waals surface area contributed by atoms with Crippen LogP contribution in [0.25, 0.3) is 10.9 Å². The predicted octanol–water partition coefficient (Wildman–Crippen LogP) is 5.27. The number of pyridine rings is 2. The van der Waals surface area contributed by atoms with Gasteiger partial charge in [-0.3, -0.25) is 19.5 Å². The molecule has 0 bridgehead atoms. The minimum atomic E-state index is -0.343. The van der Waals surface area contributed by atoms with E-state index in [-0.39, 0.29) is 11.8 Å². The van der Waals surface area contributed by atoms with Crippen molar-refractivity contribution in [1.29, 1.82) is 0 Å². The zero-order valence-corrected chi connectivity index (χ0v) is 21.4. The molecule has 2 N–H and O–H groups in total. The molecule has 0 spiro atoms. The lowest BCUT2D eigenvalue weighted by molar-refractivity contribution is -0.111. The van der Waals surface area contributed by atoms with Crippen molar-refractivity contribution in [3.8, 4) is 17.2 Å². The minimum Gasteiger partial charge on any atom is -0.490 e. The Bertz CT molecular complexity index is 1470. The van der Waals surface area contributed by atoms with Crippen molar-refractivity contribution >= 4 is 34.2 Å². The molecule has 0 aliphatic carbocycles. The highest BCUT2D eigenvalue weighted by Crippen LogP contribution is 2.36. The van der Waals surface area contributed by atoms with Crippen LogP contribution < -0.4 is 20.1 Å². The number of nitrogens with one attached hydrogen (secondary N) is 2. The first kappa shape index (κ1) is 25.9. The third-order valence-corrected chi connectivity index (χ3v) is 6.36. The summed E-state index contributed by atoms with van der Waals surface area (Å²) in [4.78, 5) is 35.6. The molecule has 1 saturated heterocycles. The van der Waals surface area contributed by atoms with E-state index in [1.807, 2.05) is 0 Å². The number of carbonyl (C=O) groups excluding carboxylic acids is 2. The van der Waals surface area contributed by atoms with Gasteiger partial charge in [0.15, 0.2) is 0 Å². The monoisotopic (exact) mass is 523 g/mol. The lowest BCUT2D eigenvalue weighted by Gasteiger charge is -2.18. The van der Waals surface area contributed by atoms with Gasteiger partial charge in [0.05, 0.1) is 11.2 Å². The summed E-state index contributed by atoms with van der Waals surface area (Å²) in [5.41, 5.74) is 1.64. The first-order valence-corrected chi connectivity index (χ1v) is 12.8. The molecule has 0 atom stereocenters. The van der Waals surface area contributed by atoms with Gasteiger partial charge in [-0.05, 0) is 80.5 Å². The van der Waals surface area contributed by atoms with Crippen LogP contribution >= 0.6 is 0 Å². The van der Waals surface area contributed by atoms with Crippen molar-refractivity contribution in [3.63, 3.8) is 0 Å². The van der Waals surface area contributed by atoms with Crippen LogP contribution in [0.5, 0.6) is 17.2 Å². The first-order valence-electron chi connectivity index (χ1n) is 12.8. The fourth-order valence-electron chi connectivity index (χ4n) is 4.36. The van der Waals surface area contributed by atoms with Crippen molar-refractivity contribution in [2.24, 2.45) is 0 Å². The van der Waals surface area contributed by atoms with Crippen LogP contribution in [0.4, 0.5) is 11.5 Å². The molecular formula is C30H29N5O4. The van der Waals surface area contributed by atoms with Crippen LogP contribution in [0.3, 0.4) is 0 Å². The average molecular weight is 524 g/mol. The predicted molar refractivity (Wildman–Crippen MR) is 150 cm³/mol. The Labute approximate surface area is 226 Å². The van der Waals surface area contributed by atoms with E-state index >= 15 is 0 Å². The number of ether oxygens (including phenoxy) is 2. The first-order chi connectivity index (χ1) is 19.1. The van der Waals surface area contributed by atoms with Gasteiger partial charge in [0.25, 0.3) is 5.91 Å². The number of hydrogen-bond acceptors (Lipinski definition) is 7. The molecule has 5 rings (SSSR count). The molecule has 1 fully saturated rings. The van der Waals surface area contributed by atoms with Crippen LogP contribution in [0.1, 0.15) is 23.2 Å². The molecule has 0 unspecified atom stereocenters. The second-order valence-corrected chi connectivity index (χ2v) is 9.06. The number of likely N-dealkylation sites (tertiary alicyclic amines) is 1. The topological polar surface area (TPSA) is 106 Å². The Hall–Kier alpha value is -4.76. The summed E-state index contributed by atoms with van der Waals surface area (Å²) in [6.07, 6.45) is 6.91. The minimum absolute atomic E-state index is 0.269. The Morgan fingerprint density at radius 1 is 0.949 bits per heavy atom. The van der Waals surface area contributed by atoms with Crippen LogP contribution in [-0.4, -0.2) is 52.9 Å². The Kier molecular flexibility index (Phi) is 8.09. The van der Waals surface area contributed by atoms with Crippen LogP contribution in [-0.2, 0) is 4.79 Å². The molecule has 9 heteroatoms. The summed E-state index contributed by atoms with van der Waals surface area (Å²) < 4.78 is 12.2. The van der Waals surface area contributed by atoms with Crippen molar-refractivity contribution in [2.75, 3.05) is 36.9 Å². The lowest BCUT2D eigenvalue weighted by atomic mass is 10.1. The van der Waals surface area contributed by atoms with E-state index in [0.29, 0.717) is 51.8 Å². The maximum absolute atomic E-state index is 12.5. The van der Waals surface area contributed by atoms with Gasteiger partial charge >= 0.3 is 0 Å². The molecule has 2 amide bonds. The van der Waals surface area contributed by atoms with Crippen molar-refractivity contribution in [2.45, 2.75) is 12.8 Å². The molecule has 0 saturated carbocycles. The van der Waals surface area contributed by atoms with Gasteiger partial charge in [-0.2, -0.15) is 0 Å². The van der Waals surface area contributed by atoms with E-state index in [4.69, 9.17) is 9.47 Å². The number of amides is 2. The molecule has 1 aliphatic rings. The highest BCUT2D eigenvalue weighted by Gasteiger charge is 2.15. The van der Waals surface area contributed by atoms with Crippen molar-refractivity contribution in [1.82, 2.24) is 14.9 Å². The lowest BCUT2D eigenvalue weighted by Crippen LogP contribution is -2.25. The Morgan fingerprint density at radius 2 is 1.77 bits per heavy atom. The Balaban J connectivity index is 1.34. The van der Waals surface area contributed by atoms with Gasteiger partial charge in [-0.25, -0.2) is 4.98 Å². The number of fused-ring (bicyclic) bond motifs is 1. The SMILES string of the molecule is C=CC(=O)Nc1cc2c(Oc3ccc(C(=O)Nc4ccccn4)cc3)ccnc2cc1OCCN1CCCC1. The third kappa shape index (κ3) is 6.58. The average Bonchev–Trinajstić information content (AvgIpc) is 3.48. The smallest absolute Gasteiger partial charge is 0.256 e. The highest BCUT2D eigenvalue weighted by molar-refractivity contribution is 6.04. The standard InChI is InChI=1S/C30H29N5O4/c1-2-29(36)33-25-19-23-24(20-27(25)38-18-17-35-15-5-6-16-35)31-14-12-26(23)39-22-10-8-21(9-11-22)30(37)34-28-7-3-4-13-32-28/h2-4,7-14,19-20H,1,5-6,15-18H2,(H,33,36)(H,32,34,37). The van der Waals surface area contributed by atoms with Gasteiger partial charge in [-0.15, -0.1) is 0 Å². The number of benzene rings is 2. The normalized spacial score (nSPS) is 13.1. The molecule has 1 aliphatic heterocycles.